The molecular formula is C19H16FN3O2. The van der Waals surface area contributed by atoms with Crippen LogP contribution in [0.5, 0.6) is 5.75 Å². The van der Waals surface area contributed by atoms with Crippen molar-refractivity contribution in [2.75, 3.05) is 12.4 Å². The summed E-state index contributed by atoms with van der Waals surface area (Å²) in [5.74, 6) is 0.829. The van der Waals surface area contributed by atoms with Gasteiger partial charge in [0.05, 0.1) is 12.8 Å². The molecule has 1 unspecified atom stereocenters. The lowest BCUT2D eigenvalue weighted by molar-refractivity contribution is -0.116. The van der Waals surface area contributed by atoms with Gasteiger partial charge >= 0.3 is 0 Å². The van der Waals surface area contributed by atoms with Crippen molar-refractivity contribution in [1.29, 1.82) is 0 Å². The van der Waals surface area contributed by atoms with E-state index in [-0.39, 0.29) is 24.1 Å². The quantitative estimate of drug-likeness (QED) is 0.796. The van der Waals surface area contributed by atoms with Crippen LogP contribution in [0, 0.1) is 5.82 Å². The number of carbonyl (C=O) groups is 1. The summed E-state index contributed by atoms with van der Waals surface area (Å²) in [5, 5.41) is 2.90. The maximum atomic E-state index is 13.2. The number of aromatic nitrogens is 2. The van der Waals surface area contributed by atoms with E-state index in [1.807, 2.05) is 28.8 Å². The monoisotopic (exact) mass is 337 g/mol. The highest BCUT2D eigenvalue weighted by Gasteiger charge is 2.30. The zero-order valence-corrected chi connectivity index (χ0v) is 13.6. The van der Waals surface area contributed by atoms with Gasteiger partial charge in [0.15, 0.2) is 0 Å². The maximum absolute atomic E-state index is 13.2. The van der Waals surface area contributed by atoms with Gasteiger partial charge in [0.1, 0.15) is 23.7 Å². The number of amides is 1. The van der Waals surface area contributed by atoms with E-state index in [0.29, 0.717) is 5.82 Å². The lowest BCUT2D eigenvalue weighted by Gasteiger charge is -2.23. The predicted octanol–water partition coefficient (Wildman–Crippen LogP) is 3.49. The molecule has 5 nitrogen and oxygen atoms in total. The molecule has 2 heterocycles. The van der Waals surface area contributed by atoms with Crippen LogP contribution in [0.2, 0.25) is 0 Å². The molecule has 25 heavy (non-hydrogen) atoms. The summed E-state index contributed by atoms with van der Waals surface area (Å²) >= 11 is 0. The second-order valence-electron chi connectivity index (χ2n) is 5.90. The number of nitrogens with zero attached hydrogens (tertiary/aromatic N) is 2. The minimum Gasteiger partial charge on any atom is -0.497 e. The number of imidazole rings is 1. The van der Waals surface area contributed by atoms with Crippen LogP contribution in [0.25, 0.3) is 5.69 Å². The van der Waals surface area contributed by atoms with Crippen LogP contribution in [-0.4, -0.2) is 22.6 Å². The summed E-state index contributed by atoms with van der Waals surface area (Å²) in [5.41, 5.74) is 2.52. The smallest absolute Gasteiger partial charge is 0.226 e. The number of ether oxygens (including phenoxy) is 1. The third-order valence-corrected chi connectivity index (χ3v) is 4.40. The Kier molecular flexibility index (Phi) is 3.72. The fourth-order valence-corrected chi connectivity index (χ4v) is 3.12. The van der Waals surface area contributed by atoms with E-state index in [2.05, 4.69) is 10.3 Å². The molecule has 4 rings (SSSR count). The van der Waals surface area contributed by atoms with E-state index in [0.717, 1.165) is 22.7 Å². The number of anilines is 1. The lowest BCUT2D eigenvalue weighted by Crippen LogP contribution is -2.24. The van der Waals surface area contributed by atoms with E-state index in [4.69, 9.17) is 4.74 Å². The third-order valence-electron chi connectivity index (χ3n) is 4.40. The fraction of sp³-hybridized carbons (Fsp3) is 0.158. The summed E-state index contributed by atoms with van der Waals surface area (Å²) in [6.07, 6.45) is 1.98. The SMILES string of the molecule is COc1ccc(-n2cnc3c2NC(=O)CC3c2ccc(F)cc2)cc1. The van der Waals surface area contributed by atoms with Crippen molar-refractivity contribution in [1.82, 2.24) is 9.55 Å². The molecule has 1 aliphatic rings. The number of hydrogen-bond acceptors (Lipinski definition) is 3. The van der Waals surface area contributed by atoms with Crippen LogP contribution in [0.1, 0.15) is 23.6 Å². The van der Waals surface area contributed by atoms with Gasteiger partial charge in [-0.1, -0.05) is 12.1 Å². The molecule has 1 N–H and O–H groups in total. The molecule has 0 bridgehead atoms. The molecule has 0 aliphatic carbocycles. The van der Waals surface area contributed by atoms with Crippen molar-refractivity contribution in [2.45, 2.75) is 12.3 Å². The number of benzene rings is 2. The van der Waals surface area contributed by atoms with Crippen molar-refractivity contribution in [3.63, 3.8) is 0 Å². The zero-order valence-electron chi connectivity index (χ0n) is 13.6. The summed E-state index contributed by atoms with van der Waals surface area (Å²) in [7, 11) is 1.61. The number of nitrogens with one attached hydrogen (secondary N) is 1. The summed E-state index contributed by atoms with van der Waals surface area (Å²) in [6.45, 7) is 0. The molecule has 0 saturated heterocycles. The molecule has 3 aromatic rings. The Balaban J connectivity index is 1.76. The van der Waals surface area contributed by atoms with Gasteiger partial charge in [-0.25, -0.2) is 9.37 Å². The Morgan fingerprint density at radius 2 is 1.88 bits per heavy atom. The lowest BCUT2D eigenvalue weighted by atomic mass is 9.90. The molecule has 6 heteroatoms. The highest BCUT2D eigenvalue weighted by Crippen LogP contribution is 2.37. The van der Waals surface area contributed by atoms with Crippen LogP contribution < -0.4 is 10.1 Å². The molecule has 1 aliphatic heterocycles. The van der Waals surface area contributed by atoms with Gasteiger partial charge in [-0.2, -0.15) is 0 Å². The molecule has 0 spiro atoms. The van der Waals surface area contributed by atoms with Crippen molar-refractivity contribution in [3.05, 3.63) is 71.9 Å². The minimum atomic E-state index is -0.298. The van der Waals surface area contributed by atoms with E-state index in [1.165, 1.54) is 12.1 Å². The van der Waals surface area contributed by atoms with Crippen LogP contribution in [0.3, 0.4) is 0 Å². The zero-order chi connectivity index (χ0) is 17.4. The number of carbonyl (C=O) groups excluding carboxylic acids is 1. The Hall–Kier alpha value is -3.15. The number of halogens is 1. The van der Waals surface area contributed by atoms with Crippen molar-refractivity contribution in [3.8, 4) is 11.4 Å². The Morgan fingerprint density at radius 3 is 2.56 bits per heavy atom. The number of rotatable bonds is 3. The Labute approximate surface area is 144 Å². The third kappa shape index (κ3) is 2.76. The second kappa shape index (κ2) is 6.05. The average molecular weight is 337 g/mol. The normalized spacial score (nSPS) is 16.2. The number of fused-ring (bicyclic) bond motifs is 1. The maximum Gasteiger partial charge on any atom is 0.226 e. The van der Waals surface area contributed by atoms with E-state index in [1.54, 1.807) is 25.6 Å². The second-order valence-corrected chi connectivity index (χ2v) is 5.90. The Bertz CT molecular complexity index is 917. The first kappa shape index (κ1) is 15.4. The van der Waals surface area contributed by atoms with Gasteiger partial charge < -0.3 is 10.1 Å². The van der Waals surface area contributed by atoms with Gasteiger partial charge in [-0.15, -0.1) is 0 Å². The van der Waals surface area contributed by atoms with Crippen molar-refractivity contribution in [2.24, 2.45) is 0 Å². The van der Waals surface area contributed by atoms with Gasteiger partial charge in [-0.05, 0) is 42.0 Å². The van der Waals surface area contributed by atoms with Crippen LogP contribution in [0.4, 0.5) is 10.2 Å². The van der Waals surface area contributed by atoms with Crippen molar-refractivity contribution < 1.29 is 13.9 Å². The molecule has 0 radical (unpaired) electrons. The fourth-order valence-electron chi connectivity index (χ4n) is 3.12. The topological polar surface area (TPSA) is 56.1 Å². The highest BCUT2D eigenvalue weighted by atomic mass is 19.1. The van der Waals surface area contributed by atoms with Crippen LogP contribution >= 0.6 is 0 Å². The molecular weight excluding hydrogens is 321 g/mol. The van der Waals surface area contributed by atoms with E-state index < -0.39 is 0 Å². The molecule has 1 atom stereocenters. The highest BCUT2D eigenvalue weighted by molar-refractivity contribution is 5.94. The van der Waals surface area contributed by atoms with E-state index in [9.17, 15) is 9.18 Å². The van der Waals surface area contributed by atoms with Gasteiger partial charge in [0.25, 0.3) is 0 Å². The predicted molar refractivity (Wildman–Crippen MR) is 91.6 cm³/mol. The van der Waals surface area contributed by atoms with Gasteiger partial charge in [0.2, 0.25) is 5.91 Å². The molecule has 0 fully saturated rings. The standard InChI is InChI=1S/C19H16FN3O2/c1-25-15-8-6-14(7-9-15)23-11-21-18-16(10-17(24)22-19(18)23)12-2-4-13(20)5-3-12/h2-9,11,16H,10H2,1H3,(H,22,24). The first-order valence-electron chi connectivity index (χ1n) is 7.92. The summed E-state index contributed by atoms with van der Waals surface area (Å²) < 4.78 is 20.2. The van der Waals surface area contributed by atoms with Crippen LogP contribution in [0.15, 0.2) is 54.9 Å². The van der Waals surface area contributed by atoms with Gasteiger partial charge in [0, 0.05) is 18.0 Å². The minimum absolute atomic E-state index is 0.0860. The summed E-state index contributed by atoms with van der Waals surface area (Å²) in [4.78, 5) is 16.7. The molecule has 1 amide bonds. The van der Waals surface area contributed by atoms with Crippen molar-refractivity contribution >= 4 is 11.7 Å². The van der Waals surface area contributed by atoms with E-state index >= 15 is 0 Å². The summed E-state index contributed by atoms with van der Waals surface area (Å²) in [6, 6.07) is 13.7. The number of methoxy groups -OCH3 is 1. The first-order chi connectivity index (χ1) is 12.2. The molecule has 126 valence electrons. The van der Waals surface area contributed by atoms with Crippen LogP contribution in [-0.2, 0) is 4.79 Å². The Morgan fingerprint density at radius 1 is 1.16 bits per heavy atom. The average Bonchev–Trinajstić information content (AvgIpc) is 3.05. The largest absolute Gasteiger partial charge is 0.497 e. The molecule has 0 saturated carbocycles. The molecule has 2 aromatic carbocycles. The number of hydrogen-bond donors (Lipinski definition) is 1. The first-order valence-corrected chi connectivity index (χ1v) is 7.92. The van der Waals surface area contributed by atoms with Gasteiger partial charge in [-0.3, -0.25) is 9.36 Å². The molecule has 1 aromatic heterocycles.